The van der Waals surface area contributed by atoms with Crippen LogP contribution in [-0.2, 0) is 23.9 Å². The molecule has 2 unspecified atom stereocenters. The molecule has 0 bridgehead atoms. The van der Waals surface area contributed by atoms with Crippen molar-refractivity contribution in [3.05, 3.63) is 42.0 Å². The van der Waals surface area contributed by atoms with Gasteiger partial charge in [-0.05, 0) is 43.9 Å². The second-order valence-corrected chi connectivity index (χ2v) is 8.78. The summed E-state index contributed by atoms with van der Waals surface area (Å²) >= 11 is 0. The molecular formula is C25H33N3O6. The Labute approximate surface area is 200 Å². The van der Waals surface area contributed by atoms with Gasteiger partial charge in [-0.15, -0.1) is 0 Å². The second-order valence-electron chi connectivity index (χ2n) is 8.78. The molecule has 0 fully saturated rings. The topological polar surface area (TPSA) is 114 Å². The largest absolute Gasteiger partial charge is 0.468 e. The van der Waals surface area contributed by atoms with Crippen LogP contribution in [0.4, 0.5) is 4.79 Å². The Morgan fingerprint density at radius 2 is 1.88 bits per heavy atom. The van der Waals surface area contributed by atoms with Crippen LogP contribution in [0.5, 0.6) is 0 Å². The van der Waals surface area contributed by atoms with Crippen LogP contribution >= 0.6 is 0 Å². The zero-order valence-corrected chi connectivity index (χ0v) is 20.5. The molecule has 2 atom stereocenters. The Bertz CT molecular complexity index is 958. The normalized spacial score (nSPS) is 12.5. The Balaban J connectivity index is 3.39. The van der Waals surface area contributed by atoms with E-state index in [0.717, 1.165) is 4.90 Å². The van der Waals surface area contributed by atoms with Gasteiger partial charge < -0.3 is 20.1 Å². The zero-order chi connectivity index (χ0) is 26.1. The van der Waals surface area contributed by atoms with Crippen molar-refractivity contribution in [3.63, 3.8) is 0 Å². The fourth-order valence-electron chi connectivity index (χ4n) is 2.97. The summed E-state index contributed by atoms with van der Waals surface area (Å²) in [6.07, 6.45) is 6.48. The van der Waals surface area contributed by atoms with E-state index < -0.39 is 48.1 Å². The summed E-state index contributed by atoms with van der Waals surface area (Å²) in [6, 6.07) is 6.63. The van der Waals surface area contributed by atoms with Crippen LogP contribution in [0.3, 0.4) is 0 Å². The highest BCUT2D eigenvalue weighted by Crippen LogP contribution is 2.24. The number of nitrogens with one attached hydrogen (secondary N) is 2. The van der Waals surface area contributed by atoms with E-state index in [2.05, 4.69) is 28.0 Å². The Kier molecular flexibility index (Phi) is 10.3. The van der Waals surface area contributed by atoms with Gasteiger partial charge in [-0.1, -0.05) is 51.1 Å². The van der Waals surface area contributed by atoms with E-state index in [9.17, 15) is 19.2 Å². The summed E-state index contributed by atoms with van der Waals surface area (Å²) in [5.74, 6) is -2.44. The number of ether oxygens (including phenoxy) is 2. The first-order chi connectivity index (χ1) is 15.8. The summed E-state index contributed by atoms with van der Waals surface area (Å²) < 4.78 is 9.83. The minimum atomic E-state index is -1.29. The maximum Gasteiger partial charge on any atom is 0.408 e. The van der Waals surface area contributed by atoms with Gasteiger partial charge in [-0.25, -0.2) is 4.79 Å². The number of rotatable bonds is 9. The summed E-state index contributed by atoms with van der Waals surface area (Å²) in [6.45, 7) is 11.8. The molecule has 0 aromatic heterocycles. The van der Waals surface area contributed by atoms with Crippen LogP contribution in [0, 0.1) is 18.4 Å². The number of carbonyl (C=O) groups is 4. The third kappa shape index (κ3) is 8.28. The number of esters is 1. The van der Waals surface area contributed by atoms with Gasteiger partial charge in [-0.2, -0.15) is 0 Å². The lowest BCUT2D eigenvalue weighted by atomic mass is 9.98. The van der Waals surface area contributed by atoms with Crippen molar-refractivity contribution in [2.75, 3.05) is 13.7 Å². The molecule has 9 heteroatoms. The molecule has 0 aliphatic carbocycles. The van der Waals surface area contributed by atoms with E-state index in [1.165, 1.54) is 7.11 Å². The van der Waals surface area contributed by atoms with E-state index >= 15 is 0 Å². The Morgan fingerprint density at radius 3 is 2.38 bits per heavy atom. The average molecular weight is 472 g/mol. The molecule has 0 saturated carbocycles. The fraction of sp³-hybridized carbons (Fsp3) is 0.440. The molecule has 1 aromatic rings. The highest BCUT2D eigenvalue weighted by atomic mass is 16.6. The number of nitrogens with zero attached hydrogens (tertiary/aromatic N) is 1. The van der Waals surface area contributed by atoms with Crippen molar-refractivity contribution in [2.24, 2.45) is 5.92 Å². The number of carbonyl (C=O) groups excluding carboxylic acids is 4. The van der Waals surface area contributed by atoms with Crippen molar-refractivity contribution in [3.8, 4) is 12.5 Å². The number of hydrogen-bond donors (Lipinski definition) is 2. The first-order valence-electron chi connectivity index (χ1n) is 10.7. The van der Waals surface area contributed by atoms with E-state index in [1.807, 2.05) is 0 Å². The molecule has 3 amide bonds. The van der Waals surface area contributed by atoms with Gasteiger partial charge >= 0.3 is 12.1 Å². The van der Waals surface area contributed by atoms with Crippen molar-refractivity contribution >= 4 is 30.0 Å². The minimum Gasteiger partial charge on any atom is -0.468 e. The average Bonchev–Trinajstić information content (AvgIpc) is 2.77. The van der Waals surface area contributed by atoms with E-state index in [1.54, 1.807) is 65.0 Å². The third-order valence-corrected chi connectivity index (χ3v) is 4.58. The highest BCUT2D eigenvalue weighted by Gasteiger charge is 2.37. The summed E-state index contributed by atoms with van der Waals surface area (Å²) in [7, 11) is 1.19. The van der Waals surface area contributed by atoms with Crippen LogP contribution in [0.15, 0.2) is 30.8 Å². The lowest BCUT2D eigenvalue weighted by molar-refractivity contribution is -0.143. The van der Waals surface area contributed by atoms with Crippen LogP contribution in [0.2, 0.25) is 0 Å². The molecule has 0 saturated heterocycles. The predicted molar refractivity (Wildman–Crippen MR) is 128 cm³/mol. The van der Waals surface area contributed by atoms with E-state index in [4.69, 9.17) is 11.2 Å². The molecule has 34 heavy (non-hydrogen) atoms. The smallest absolute Gasteiger partial charge is 0.408 e. The second kappa shape index (κ2) is 12.4. The Morgan fingerprint density at radius 1 is 1.24 bits per heavy atom. The molecule has 9 nitrogen and oxygen atoms in total. The molecular weight excluding hydrogens is 438 g/mol. The first kappa shape index (κ1) is 28.2. The van der Waals surface area contributed by atoms with Crippen molar-refractivity contribution in [1.29, 1.82) is 0 Å². The lowest BCUT2D eigenvalue weighted by Gasteiger charge is -2.31. The molecule has 184 valence electrons. The SMILES string of the molecule is C#CN(C(=O)C(NC(=O)OC(C)(C)C)C(C)C)C(C(=O)NCC(=O)OC)c1cccc(C=C)c1. The van der Waals surface area contributed by atoms with E-state index in [-0.39, 0.29) is 5.92 Å². The number of hydrogen-bond acceptors (Lipinski definition) is 6. The van der Waals surface area contributed by atoms with Gasteiger partial charge in [0, 0.05) is 6.04 Å². The van der Waals surface area contributed by atoms with Crippen LogP contribution in [-0.4, -0.2) is 54.1 Å². The molecule has 2 N–H and O–H groups in total. The summed E-state index contributed by atoms with van der Waals surface area (Å²) in [5, 5.41) is 4.98. The number of alkyl carbamates (subject to hydrolysis) is 1. The van der Waals surface area contributed by atoms with Crippen molar-refractivity contribution in [2.45, 2.75) is 52.3 Å². The van der Waals surface area contributed by atoms with Gasteiger partial charge in [0.05, 0.1) is 7.11 Å². The van der Waals surface area contributed by atoms with Crippen LogP contribution in [0.25, 0.3) is 6.08 Å². The molecule has 0 aliphatic heterocycles. The summed E-state index contributed by atoms with van der Waals surface area (Å²) in [5.41, 5.74) is 0.313. The maximum atomic E-state index is 13.5. The third-order valence-electron chi connectivity index (χ3n) is 4.58. The van der Waals surface area contributed by atoms with Crippen LogP contribution in [0.1, 0.15) is 51.8 Å². The molecule has 0 heterocycles. The number of benzene rings is 1. The molecule has 1 rings (SSSR count). The van der Waals surface area contributed by atoms with Gasteiger partial charge in [0.15, 0.2) is 0 Å². The number of methoxy groups -OCH3 is 1. The van der Waals surface area contributed by atoms with Gasteiger partial charge in [0.25, 0.3) is 5.91 Å². The molecule has 0 radical (unpaired) electrons. The monoisotopic (exact) mass is 471 g/mol. The van der Waals surface area contributed by atoms with Gasteiger partial charge in [0.2, 0.25) is 5.91 Å². The van der Waals surface area contributed by atoms with E-state index in [0.29, 0.717) is 11.1 Å². The number of terminal acetylenes is 1. The molecule has 0 aliphatic rings. The van der Waals surface area contributed by atoms with Crippen molar-refractivity contribution in [1.82, 2.24) is 15.5 Å². The maximum absolute atomic E-state index is 13.5. The number of amides is 3. The lowest BCUT2D eigenvalue weighted by Crippen LogP contribution is -2.53. The van der Waals surface area contributed by atoms with Crippen molar-refractivity contribution < 1.29 is 28.7 Å². The fourth-order valence-corrected chi connectivity index (χ4v) is 2.97. The quantitative estimate of drug-likeness (QED) is 0.325. The predicted octanol–water partition coefficient (Wildman–Crippen LogP) is 2.63. The zero-order valence-electron chi connectivity index (χ0n) is 20.5. The minimum absolute atomic E-state index is 0.380. The summed E-state index contributed by atoms with van der Waals surface area (Å²) in [4.78, 5) is 51.4. The van der Waals surface area contributed by atoms with Gasteiger partial charge in [-0.3, -0.25) is 19.3 Å². The molecule has 1 aromatic carbocycles. The molecule has 0 spiro atoms. The first-order valence-corrected chi connectivity index (χ1v) is 10.7. The van der Waals surface area contributed by atoms with Crippen LogP contribution < -0.4 is 10.6 Å². The van der Waals surface area contributed by atoms with Gasteiger partial charge in [0.1, 0.15) is 24.2 Å². The highest BCUT2D eigenvalue weighted by molar-refractivity contribution is 5.94. The Hall–Kier alpha value is -3.80. The standard InChI is InChI=1S/C25H33N3O6/c1-9-17-12-11-13-18(14-17)21(22(30)26-15-19(29)33-8)28(10-2)23(31)20(16(3)4)27-24(32)34-25(5,6)7/h2,9,11-14,16,20-21H,1,15H2,3-8H3,(H,26,30)(H,27,32).